The molecule has 1 heterocycles. The number of carbonyl (C=O) groups excluding carboxylic acids is 2. The van der Waals surface area contributed by atoms with Crippen molar-refractivity contribution in [3.63, 3.8) is 0 Å². The van der Waals surface area contributed by atoms with E-state index >= 15 is 0 Å². The predicted octanol–water partition coefficient (Wildman–Crippen LogP) is 2.73. The molecule has 0 N–H and O–H groups in total. The third kappa shape index (κ3) is 3.44. The Morgan fingerprint density at radius 3 is 2.48 bits per heavy atom. The fourth-order valence-corrected chi connectivity index (χ4v) is 2.15. The van der Waals surface area contributed by atoms with E-state index in [2.05, 4.69) is 5.10 Å². The second-order valence-electron chi connectivity index (χ2n) is 6.21. The number of methoxy groups -OCH3 is 1. The van der Waals surface area contributed by atoms with Crippen molar-refractivity contribution in [1.29, 1.82) is 0 Å². The van der Waals surface area contributed by atoms with Gasteiger partial charge in [0.2, 0.25) is 0 Å². The Morgan fingerprint density at radius 1 is 1.26 bits per heavy atom. The summed E-state index contributed by atoms with van der Waals surface area (Å²) >= 11 is 0. The van der Waals surface area contributed by atoms with Crippen molar-refractivity contribution in [2.75, 3.05) is 19.1 Å². The van der Waals surface area contributed by atoms with Gasteiger partial charge in [0.1, 0.15) is 5.60 Å². The number of ether oxygens (including phenoxy) is 2. The summed E-state index contributed by atoms with van der Waals surface area (Å²) in [6.07, 6.45) is -0.491. The Balaban J connectivity index is 2.43. The predicted molar refractivity (Wildman–Crippen MR) is 86.7 cm³/mol. The maximum atomic E-state index is 12.2. The molecule has 0 unspecified atom stereocenters. The highest BCUT2D eigenvalue weighted by Crippen LogP contribution is 2.27. The molecule has 0 radical (unpaired) electrons. The molecule has 2 rings (SSSR count). The lowest BCUT2D eigenvalue weighted by Crippen LogP contribution is -2.34. The van der Waals surface area contributed by atoms with Crippen LogP contribution >= 0.6 is 0 Å². The Labute approximate surface area is 134 Å². The normalized spacial score (nSPS) is 11.4. The third-order valence-electron chi connectivity index (χ3n) is 3.24. The molecule has 0 bridgehead atoms. The molecular formula is C16H21N3O4. The fourth-order valence-electron chi connectivity index (χ4n) is 2.15. The Hall–Kier alpha value is -2.57. The van der Waals surface area contributed by atoms with Gasteiger partial charge in [0.25, 0.3) is 0 Å². The van der Waals surface area contributed by atoms with Crippen molar-refractivity contribution in [3.8, 4) is 0 Å². The average Bonchev–Trinajstić information content (AvgIpc) is 2.80. The molecule has 1 amide bonds. The van der Waals surface area contributed by atoms with E-state index in [1.54, 1.807) is 57.7 Å². The van der Waals surface area contributed by atoms with Crippen molar-refractivity contribution >= 4 is 28.8 Å². The molecule has 124 valence electrons. The number of hydrogen-bond acceptors (Lipinski definition) is 5. The molecule has 0 aliphatic carbocycles. The van der Waals surface area contributed by atoms with Crippen molar-refractivity contribution < 1.29 is 19.1 Å². The largest absolute Gasteiger partial charge is 0.465 e. The number of benzene rings is 1. The summed E-state index contributed by atoms with van der Waals surface area (Å²) in [5.74, 6) is 0.0447. The van der Waals surface area contributed by atoms with Crippen LogP contribution in [0.15, 0.2) is 18.2 Å². The number of rotatable bonds is 2. The summed E-state index contributed by atoms with van der Waals surface area (Å²) in [6.45, 7) is 5.41. The first-order valence-electron chi connectivity index (χ1n) is 7.16. The van der Waals surface area contributed by atoms with Crippen LogP contribution < -0.4 is 4.90 Å². The third-order valence-corrected chi connectivity index (χ3v) is 3.24. The van der Waals surface area contributed by atoms with Crippen LogP contribution in [-0.2, 0) is 16.5 Å². The minimum Gasteiger partial charge on any atom is -0.465 e. The lowest BCUT2D eigenvalue weighted by molar-refractivity contribution is 0.0583. The van der Waals surface area contributed by atoms with Gasteiger partial charge >= 0.3 is 12.1 Å². The van der Waals surface area contributed by atoms with E-state index in [1.165, 1.54) is 12.0 Å². The summed E-state index contributed by atoms with van der Waals surface area (Å²) in [6, 6.07) is 5.06. The average molecular weight is 319 g/mol. The zero-order valence-electron chi connectivity index (χ0n) is 14.2. The minimum absolute atomic E-state index is 0.421. The number of esters is 1. The first kappa shape index (κ1) is 16.8. The van der Waals surface area contributed by atoms with Gasteiger partial charge in [-0.1, -0.05) is 0 Å². The van der Waals surface area contributed by atoms with Crippen LogP contribution in [-0.4, -0.2) is 41.6 Å². The van der Waals surface area contributed by atoms with Gasteiger partial charge in [0.05, 0.1) is 18.2 Å². The smallest absolute Gasteiger partial charge is 0.415 e. The Kier molecular flexibility index (Phi) is 4.31. The fraction of sp³-hybridized carbons (Fsp3) is 0.438. The van der Waals surface area contributed by atoms with E-state index in [0.29, 0.717) is 11.4 Å². The molecule has 0 saturated carbocycles. The molecule has 0 atom stereocenters. The maximum absolute atomic E-state index is 12.2. The maximum Gasteiger partial charge on any atom is 0.415 e. The van der Waals surface area contributed by atoms with Crippen molar-refractivity contribution in [2.45, 2.75) is 26.4 Å². The molecule has 0 spiro atoms. The minimum atomic E-state index is -0.589. The Bertz CT molecular complexity index is 759. The quantitative estimate of drug-likeness (QED) is 0.796. The van der Waals surface area contributed by atoms with Crippen LogP contribution in [0.3, 0.4) is 0 Å². The van der Waals surface area contributed by atoms with Gasteiger partial charge < -0.3 is 9.47 Å². The molecule has 2 aromatic rings. The molecular weight excluding hydrogens is 298 g/mol. The molecule has 7 heteroatoms. The molecule has 7 nitrogen and oxygen atoms in total. The van der Waals surface area contributed by atoms with E-state index < -0.39 is 17.7 Å². The molecule has 0 saturated heterocycles. The highest BCUT2D eigenvalue weighted by Gasteiger charge is 2.24. The van der Waals surface area contributed by atoms with E-state index in [0.717, 1.165) is 10.9 Å². The van der Waals surface area contributed by atoms with Crippen LogP contribution in [0.2, 0.25) is 0 Å². The summed E-state index contributed by atoms with van der Waals surface area (Å²) in [7, 11) is 4.68. The van der Waals surface area contributed by atoms with Crippen LogP contribution in [0.5, 0.6) is 0 Å². The summed E-state index contributed by atoms with van der Waals surface area (Å²) in [5, 5.41) is 5.10. The number of aryl methyl sites for hydroxylation is 1. The zero-order valence-corrected chi connectivity index (χ0v) is 14.2. The van der Waals surface area contributed by atoms with Gasteiger partial charge in [-0.3, -0.25) is 9.58 Å². The second kappa shape index (κ2) is 5.91. The van der Waals surface area contributed by atoms with Crippen molar-refractivity contribution in [1.82, 2.24) is 9.78 Å². The highest BCUT2D eigenvalue weighted by atomic mass is 16.6. The van der Waals surface area contributed by atoms with Crippen LogP contribution in [0.1, 0.15) is 31.1 Å². The molecule has 0 aliphatic rings. The van der Waals surface area contributed by atoms with Crippen LogP contribution in [0.4, 0.5) is 10.6 Å². The number of aromatic nitrogens is 2. The Morgan fingerprint density at radius 2 is 1.91 bits per heavy atom. The summed E-state index contributed by atoms with van der Waals surface area (Å²) in [4.78, 5) is 25.2. The standard InChI is InChI=1S/C16H21N3O4/c1-16(2,3)23-15(21)18(4)13-11-8-7-10(14(20)22-6)9-12(11)19(5)17-13/h7-9H,1-6H3. The van der Waals surface area contributed by atoms with Crippen LogP contribution in [0.25, 0.3) is 10.9 Å². The first-order chi connectivity index (χ1) is 10.6. The summed E-state index contributed by atoms with van der Waals surface area (Å²) < 4.78 is 11.7. The SMILES string of the molecule is COC(=O)c1ccc2c(N(C)C(=O)OC(C)(C)C)nn(C)c2c1. The van der Waals surface area contributed by atoms with Gasteiger partial charge in [0, 0.05) is 19.5 Å². The first-order valence-corrected chi connectivity index (χ1v) is 7.16. The van der Waals surface area contributed by atoms with Crippen LogP contribution in [0, 0.1) is 0 Å². The lowest BCUT2D eigenvalue weighted by Gasteiger charge is -2.23. The lowest BCUT2D eigenvalue weighted by atomic mass is 10.1. The number of fused-ring (bicyclic) bond motifs is 1. The van der Waals surface area contributed by atoms with Gasteiger partial charge in [-0.2, -0.15) is 5.10 Å². The van der Waals surface area contributed by atoms with E-state index in [1.807, 2.05) is 0 Å². The van der Waals surface area contributed by atoms with E-state index in [9.17, 15) is 9.59 Å². The van der Waals surface area contributed by atoms with Gasteiger partial charge in [-0.05, 0) is 39.0 Å². The summed E-state index contributed by atoms with van der Waals surface area (Å²) in [5.41, 5.74) is 0.557. The number of anilines is 1. The molecule has 1 aromatic heterocycles. The topological polar surface area (TPSA) is 73.7 Å². The van der Waals surface area contributed by atoms with E-state index in [-0.39, 0.29) is 0 Å². The monoisotopic (exact) mass is 319 g/mol. The van der Waals surface area contributed by atoms with Crippen molar-refractivity contribution in [3.05, 3.63) is 23.8 Å². The molecule has 1 aromatic carbocycles. The number of carbonyl (C=O) groups is 2. The second-order valence-corrected chi connectivity index (χ2v) is 6.21. The highest BCUT2D eigenvalue weighted by molar-refractivity contribution is 6.01. The number of hydrogen-bond donors (Lipinski definition) is 0. The van der Waals surface area contributed by atoms with Crippen molar-refractivity contribution in [2.24, 2.45) is 7.05 Å². The van der Waals surface area contributed by atoms with E-state index in [4.69, 9.17) is 9.47 Å². The molecule has 0 fully saturated rings. The van der Waals surface area contributed by atoms with Gasteiger partial charge in [-0.15, -0.1) is 0 Å². The molecule has 23 heavy (non-hydrogen) atoms. The zero-order chi connectivity index (χ0) is 17.4. The number of nitrogens with zero attached hydrogens (tertiary/aromatic N) is 3. The van der Waals surface area contributed by atoms with Gasteiger partial charge in [-0.25, -0.2) is 9.59 Å². The van der Waals surface area contributed by atoms with Gasteiger partial charge in [0.15, 0.2) is 5.82 Å². The molecule has 0 aliphatic heterocycles. The number of amides is 1.